The summed E-state index contributed by atoms with van der Waals surface area (Å²) in [5.74, 6) is 1.93. The van der Waals surface area contributed by atoms with Gasteiger partial charge < -0.3 is 5.11 Å². The quantitative estimate of drug-likeness (QED) is 0.602. The minimum Gasteiger partial charge on any atom is -0.396 e. The average Bonchev–Trinajstić information content (AvgIpc) is 2.17. The molecule has 0 spiro atoms. The minimum absolute atomic E-state index is 0.262. The molecule has 0 bridgehead atoms. The standard InChI is InChI=1S/C14H28O/c1-12(2)7-5-8-13(3)9-6-10-14(4)11-15/h6,10,12-15H,5,7-9,11H2,1-4H3/b10-6+/t13-,14-/m1/s1. The highest BCUT2D eigenvalue weighted by atomic mass is 16.3. The van der Waals surface area contributed by atoms with Crippen LogP contribution in [0.4, 0.5) is 0 Å². The van der Waals surface area contributed by atoms with Crippen molar-refractivity contribution in [2.45, 2.75) is 53.4 Å². The van der Waals surface area contributed by atoms with E-state index in [9.17, 15) is 0 Å². The molecule has 1 heteroatoms. The molecular weight excluding hydrogens is 184 g/mol. The fourth-order valence-corrected chi connectivity index (χ4v) is 1.60. The minimum atomic E-state index is 0.262. The third-order valence-electron chi connectivity index (χ3n) is 2.77. The van der Waals surface area contributed by atoms with Gasteiger partial charge >= 0.3 is 0 Å². The summed E-state index contributed by atoms with van der Waals surface area (Å²) in [5.41, 5.74) is 0. The van der Waals surface area contributed by atoms with E-state index in [1.807, 2.05) is 6.92 Å². The Hall–Kier alpha value is -0.300. The lowest BCUT2D eigenvalue weighted by Crippen LogP contribution is -1.97. The molecule has 0 saturated carbocycles. The largest absolute Gasteiger partial charge is 0.396 e. The van der Waals surface area contributed by atoms with Crippen molar-refractivity contribution in [3.05, 3.63) is 12.2 Å². The zero-order chi connectivity index (χ0) is 11.7. The molecule has 0 amide bonds. The Balaban J connectivity index is 3.48. The average molecular weight is 212 g/mol. The summed E-state index contributed by atoms with van der Waals surface area (Å²) in [6.45, 7) is 9.19. The summed E-state index contributed by atoms with van der Waals surface area (Å²) in [6, 6.07) is 0. The maximum Gasteiger partial charge on any atom is 0.0491 e. The van der Waals surface area contributed by atoms with E-state index in [4.69, 9.17) is 5.11 Å². The van der Waals surface area contributed by atoms with Crippen LogP contribution in [0.1, 0.15) is 53.4 Å². The van der Waals surface area contributed by atoms with Crippen LogP contribution in [0.3, 0.4) is 0 Å². The van der Waals surface area contributed by atoms with E-state index >= 15 is 0 Å². The third kappa shape index (κ3) is 9.99. The zero-order valence-corrected chi connectivity index (χ0v) is 10.9. The Bertz CT molecular complexity index is 161. The lowest BCUT2D eigenvalue weighted by molar-refractivity contribution is 0.261. The Labute approximate surface area is 95.6 Å². The number of hydrogen-bond donors (Lipinski definition) is 1. The summed E-state index contributed by atoms with van der Waals surface area (Å²) >= 11 is 0. The number of hydrogen-bond acceptors (Lipinski definition) is 1. The van der Waals surface area contributed by atoms with Gasteiger partial charge in [-0.3, -0.25) is 0 Å². The smallest absolute Gasteiger partial charge is 0.0491 e. The molecule has 0 aromatic carbocycles. The second-order valence-corrected chi connectivity index (χ2v) is 5.25. The summed E-state index contributed by atoms with van der Waals surface area (Å²) < 4.78 is 0. The van der Waals surface area contributed by atoms with Gasteiger partial charge in [-0.1, -0.05) is 59.1 Å². The molecule has 15 heavy (non-hydrogen) atoms. The van der Waals surface area contributed by atoms with E-state index in [1.54, 1.807) is 0 Å². The molecule has 0 fully saturated rings. The van der Waals surface area contributed by atoms with Gasteiger partial charge in [0.15, 0.2) is 0 Å². The van der Waals surface area contributed by atoms with Crippen molar-refractivity contribution < 1.29 is 5.11 Å². The summed E-state index contributed by atoms with van der Waals surface area (Å²) in [5, 5.41) is 8.85. The molecule has 90 valence electrons. The molecule has 0 aliphatic carbocycles. The van der Waals surface area contributed by atoms with E-state index < -0.39 is 0 Å². The fourth-order valence-electron chi connectivity index (χ4n) is 1.60. The maximum absolute atomic E-state index is 8.85. The van der Waals surface area contributed by atoms with Crippen molar-refractivity contribution in [2.24, 2.45) is 17.8 Å². The van der Waals surface area contributed by atoms with E-state index in [0.29, 0.717) is 5.92 Å². The molecular formula is C14H28O. The Kier molecular flexibility index (Phi) is 8.79. The van der Waals surface area contributed by atoms with Gasteiger partial charge in [0, 0.05) is 6.61 Å². The van der Waals surface area contributed by atoms with E-state index in [2.05, 4.69) is 32.9 Å². The topological polar surface area (TPSA) is 20.2 Å². The monoisotopic (exact) mass is 212 g/mol. The van der Waals surface area contributed by atoms with Gasteiger partial charge in [-0.2, -0.15) is 0 Å². The second kappa shape index (κ2) is 8.96. The summed E-state index contributed by atoms with van der Waals surface area (Å²) in [4.78, 5) is 0. The molecule has 1 nitrogen and oxygen atoms in total. The molecule has 0 saturated heterocycles. The zero-order valence-electron chi connectivity index (χ0n) is 10.9. The van der Waals surface area contributed by atoms with Gasteiger partial charge in [-0.15, -0.1) is 0 Å². The predicted octanol–water partition coefficient (Wildman–Crippen LogP) is 4.02. The van der Waals surface area contributed by atoms with Gasteiger partial charge in [-0.25, -0.2) is 0 Å². The number of rotatable bonds is 8. The SMILES string of the molecule is CC(C)CCC[C@@H](C)C/C=C/[C@@H](C)CO. The Morgan fingerprint density at radius 2 is 1.73 bits per heavy atom. The first-order valence-electron chi connectivity index (χ1n) is 6.33. The van der Waals surface area contributed by atoms with Crippen LogP contribution < -0.4 is 0 Å². The van der Waals surface area contributed by atoms with Gasteiger partial charge in [0.1, 0.15) is 0 Å². The van der Waals surface area contributed by atoms with Crippen LogP contribution in [0.15, 0.2) is 12.2 Å². The molecule has 0 unspecified atom stereocenters. The highest BCUT2D eigenvalue weighted by Gasteiger charge is 2.01. The van der Waals surface area contributed by atoms with Gasteiger partial charge in [0.25, 0.3) is 0 Å². The summed E-state index contributed by atoms with van der Waals surface area (Å²) in [7, 11) is 0. The van der Waals surface area contributed by atoms with Crippen LogP contribution in [0.2, 0.25) is 0 Å². The maximum atomic E-state index is 8.85. The van der Waals surface area contributed by atoms with Gasteiger partial charge in [0.05, 0.1) is 0 Å². The van der Waals surface area contributed by atoms with Crippen LogP contribution in [-0.4, -0.2) is 11.7 Å². The van der Waals surface area contributed by atoms with Crippen LogP contribution in [-0.2, 0) is 0 Å². The number of allylic oxidation sites excluding steroid dienone is 1. The molecule has 0 radical (unpaired) electrons. The van der Waals surface area contributed by atoms with Gasteiger partial charge in [0.2, 0.25) is 0 Å². The molecule has 2 atom stereocenters. The fraction of sp³-hybridized carbons (Fsp3) is 0.857. The molecule has 0 aliphatic heterocycles. The van der Waals surface area contributed by atoms with Crippen molar-refractivity contribution >= 4 is 0 Å². The van der Waals surface area contributed by atoms with E-state index in [1.165, 1.54) is 19.3 Å². The normalized spacial score (nSPS) is 16.1. The lowest BCUT2D eigenvalue weighted by Gasteiger charge is -2.10. The molecule has 0 aliphatic rings. The van der Waals surface area contributed by atoms with E-state index in [-0.39, 0.29) is 6.61 Å². The van der Waals surface area contributed by atoms with Crippen LogP contribution in [0.5, 0.6) is 0 Å². The molecule has 0 aromatic heterocycles. The molecule has 1 N–H and O–H groups in total. The number of aliphatic hydroxyl groups excluding tert-OH is 1. The first-order chi connectivity index (χ1) is 7.06. The van der Waals surface area contributed by atoms with Crippen molar-refractivity contribution in [1.82, 2.24) is 0 Å². The van der Waals surface area contributed by atoms with Crippen molar-refractivity contribution in [3.8, 4) is 0 Å². The predicted molar refractivity (Wildman–Crippen MR) is 67.9 cm³/mol. The third-order valence-corrected chi connectivity index (χ3v) is 2.77. The van der Waals surface area contributed by atoms with Gasteiger partial charge in [-0.05, 0) is 24.2 Å². The number of aliphatic hydroxyl groups is 1. The second-order valence-electron chi connectivity index (χ2n) is 5.25. The van der Waals surface area contributed by atoms with Crippen molar-refractivity contribution in [1.29, 1.82) is 0 Å². The Morgan fingerprint density at radius 1 is 1.07 bits per heavy atom. The summed E-state index contributed by atoms with van der Waals surface area (Å²) in [6.07, 6.45) is 9.53. The van der Waals surface area contributed by atoms with Crippen LogP contribution in [0, 0.1) is 17.8 Å². The van der Waals surface area contributed by atoms with Crippen LogP contribution >= 0.6 is 0 Å². The van der Waals surface area contributed by atoms with E-state index in [0.717, 1.165) is 18.3 Å². The lowest BCUT2D eigenvalue weighted by atomic mass is 9.97. The highest BCUT2D eigenvalue weighted by molar-refractivity contribution is 4.87. The van der Waals surface area contributed by atoms with Crippen molar-refractivity contribution in [2.75, 3.05) is 6.61 Å². The molecule has 0 rings (SSSR count). The van der Waals surface area contributed by atoms with Crippen LogP contribution in [0.25, 0.3) is 0 Å². The first kappa shape index (κ1) is 14.7. The van der Waals surface area contributed by atoms with Crippen molar-refractivity contribution in [3.63, 3.8) is 0 Å². The Morgan fingerprint density at radius 3 is 2.27 bits per heavy atom. The highest BCUT2D eigenvalue weighted by Crippen LogP contribution is 2.15. The molecule has 0 heterocycles. The molecule has 0 aromatic rings. The first-order valence-corrected chi connectivity index (χ1v) is 6.33.